The van der Waals surface area contributed by atoms with Crippen LogP contribution in [0.1, 0.15) is 53.9 Å². The van der Waals surface area contributed by atoms with Crippen molar-refractivity contribution in [3.05, 3.63) is 0 Å². The highest BCUT2D eigenvalue weighted by Gasteiger charge is 2.34. The van der Waals surface area contributed by atoms with Gasteiger partial charge in [0.15, 0.2) is 0 Å². The van der Waals surface area contributed by atoms with Crippen LogP contribution in [0.25, 0.3) is 0 Å². The maximum absolute atomic E-state index is 6.07. The molecule has 0 aromatic carbocycles. The van der Waals surface area contributed by atoms with Crippen molar-refractivity contribution in [2.24, 2.45) is 11.3 Å². The maximum Gasteiger partial charge on any atom is 0.0776 e. The minimum absolute atomic E-state index is 0.175. The molecule has 0 aromatic heterocycles. The van der Waals surface area contributed by atoms with Crippen LogP contribution in [0.5, 0.6) is 0 Å². The third-order valence-electron chi connectivity index (χ3n) is 3.96. The summed E-state index contributed by atoms with van der Waals surface area (Å²) in [6.07, 6.45) is 3.88. The Morgan fingerprint density at radius 3 is 2.32 bits per heavy atom. The molecule has 2 unspecified atom stereocenters. The highest BCUT2D eigenvalue weighted by Crippen LogP contribution is 2.30. The van der Waals surface area contributed by atoms with Crippen LogP contribution in [0.2, 0.25) is 0 Å². The third kappa shape index (κ3) is 5.80. The van der Waals surface area contributed by atoms with Crippen LogP contribution in [-0.2, 0) is 9.47 Å². The van der Waals surface area contributed by atoms with E-state index >= 15 is 0 Å². The minimum Gasteiger partial charge on any atom is -0.381 e. The summed E-state index contributed by atoms with van der Waals surface area (Å²) in [6, 6.07) is 0.452. The second-order valence-electron chi connectivity index (χ2n) is 6.70. The fraction of sp³-hybridized carbons (Fsp3) is 1.00. The summed E-state index contributed by atoms with van der Waals surface area (Å²) in [4.78, 5) is 0. The molecule has 2 atom stereocenters. The van der Waals surface area contributed by atoms with Gasteiger partial charge in [-0.15, -0.1) is 0 Å². The molecule has 19 heavy (non-hydrogen) atoms. The van der Waals surface area contributed by atoms with E-state index in [2.05, 4.69) is 39.9 Å². The lowest BCUT2D eigenvalue weighted by molar-refractivity contribution is -0.0445. The maximum atomic E-state index is 6.07. The molecular weight excluding hydrogens is 238 g/mol. The van der Waals surface area contributed by atoms with E-state index in [-0.39, 0.29) is 11.5 Å². The molecule has 0 aliphatic carbocycles. The van der Waals surface area contributed by atoms with Crippen molar-refractivity contribution in [2.45, 2.75) is 66.0 Å². The Morgan fingerprint density at radius 2 is 1.84 bits per heavy atom. The van der Waals surface area contributed by atoms with Gasteiger partial charge < -0.3 is 14.8 Å². The van der Waals surface area contributed by atoms with E-state index in [1.165, 1.54) is 19.3 Å². The van der Waals surface area contributed by atoms with Crippen molar-refractivity contribution in [2.75, 3.05) is 26.4 Å². The molecule has 1 heterocycles. The van der Waals surface area contributed by atoms with E-state index in [4.69, 9.17) is 9.47 Å². The Kier molecular flexibility index (Phi) is 7.33. The summed E-state index contributed by atoms with van der Waals surface area (Å²) in [7, 11) is 0. The Hall–Kier alpha value is -0.120. The van der Waals surface area contributed by atoms with Crippen LogP contribution in [0.15, 0.2) is 0 Å². The van der Waals surface area contributed by atoms with Crippen LogP contribution < -0.4 is 5.32 Å². The van der Waals surface area contributed by atoms with Crippen molar-refractivity contribution in [1.82, 2.24) is 5.32 Å². The molecule has 0 spiro atoms. The van der Waals surface area contributed by atoms with Crippen molar-refractivity contribution in [3.8, 4) is 0 Å². The quantitative estimate of drug-likeness (QED) is 0.771. The summed E-state index contributed by atoms with van der Waals surface area (Å²) in [5.41, 5.74) is 0.175. The zero-order valence-corrected chi connectivity index (χ0v) is 13.5. The van der Waals surface area contributed by atoms with Gasteiger partial charge in [0.05, 0.1) is 6.10 Å². The van der Waals surface area contributed by atoms with Gasteiger partial charge in [-0.3, -0.25) is 0 Å². The average Bonchev–Trinajstić information content (AvgIpc) is 2.35. The van der Waals surface area contributed by atoms with Crippen molar-refractivity contribution in [3.63, 3.8) is 0 Å². The Labute approximate surface area is 119 Å². The van der Waals surface area contributed by atoms with E-state index < -0.39 is 0 Å². The van der Waals surface area contributed by atoms with Crippen molar-refractivity contribution >= 4 is 0 Å². The van der Waals surface area contributed by atoms with Gasteiger partial charge >= 0.3 is 0 Å². The van der Waals surface area contributed by atoms with Gasteiger partial charge in [0.25, 0.3) is 0 Å². The van der Waals surface area contributed by atoms with Crippen LogP contribution in [-0.4, -0.2) is 38.5 Å². The second kappa shape index (κ2) is 8.23. The molecular formula is C16H33NO2. The Morgan fingerprint density at radius 1 is 1.21 bits per heavy atom. The summed E-state index contributed by atoms with van der Waals surface area (Å²) in [5.74, 6) is 0.781. The first-order valence-electron chi connectivity index (χ1n) is 7.91. The van der Waals surface area contributed by atoms with E-state index in [0.717, 1.165) is 32.3 Å². The molecule has 0 bridgehead atoms. The highest BCUT2D eigenvalue weighted by molar-refractivity contribution is 4.88. The van der Waals surface area contributed by atoms with Crippen molar-refractivity contribution in [1.29, 1.82) is 0 Å². The number of ether oxygens (including phenoxy) is 2. The minimum atomic E-state index is 0.175. The molecule has 0 amide bonds. The fourth-order valence-corrected chi connectivity index (χ4v) is 3.07. The molecule has 3 heteroatoms. The van der Waals surface area contributed by atoms with Gasteiger partial charge in [0.1, 0.15) is 0 Å². The lowest BCUT2D eigenvalue weighted by Gasteiger charge is -2.39. The lowest BCUT2D eigenvalue weighted by atomic mass is 9.80. The number of hydrogen-bond acceptors (Lipinski definition) is 3. The van der Waals surface area contributed by atoms with E-state index in [1.807, 2.05) is 0 Å². The van der Waals surface area contributed by atoms with Gasteiger partial charge in [-0.2, -0.15) is 0 Å². The number of likely N-dealkylation sites (N-methyl/N-ethyl adjacent to an activating group) is 1. The topological polar surface area (TPSA) is 30.5 Å². The zero-order chi connectivity index (χ0) is 14.3. The molecule has 0 radical (unpaired) electrons. The van der Waals surface area contributed by atoms with Crippen molar-refractivity contribution < 1.29 is 9.47 Å². The molecule has 1 fully saturated rings. The summed E-state index contributed by atoms with van der Waals surface area (Å²) in [6.45, 7) is 14.8. The largest absolute Gasteiger partial charge is 0.381 e. The predicted molar refractivity (Wildman–Crippen MR) is 80.5 cm³/mol. The molecule has 0 aromatic rings. The molecule has 1 saturated heterocycles. The zero-order valence-electron chi connectivity index (χ0n) is 13.5. The van der Waals surface area contributed by atoms with Crippen LogP contribution >= 0.6 is 0 Å². The first-order valence-corrected chi connectivity index (χ1v) is 7.91. The number of nitrogens with one attached hydrogen (secondary N) is 1. The number of rotatable bonds is 7. The normalized spacial score (nSPS) is 21.3. The summed E-state index contributed by atoms with van der Waals surface area (Å²) >= 11 is 0. The molecule has 1 rings (SSSR count). The van der Waals surface area contributed by atoms with Crippen LogP contribution in [0.4, 0.5) is 0 Å². The smallest absolute Gasteiger partial charge is 0.0776 e. The molecule has 1 aliphatic rings. The molecule has 3 nitrogen and oxygen atoms in total. The molecule has 1 N–H and O–H groups in total. The second-order valence-corrected chi connectivity index (χ2v) is 6.70. The fourth-order valence-electron chi connectivity index (χ4n) is 3.07. The number of hydrogen-bond donors (Lipinski definition) is 1. The molecule has 1 aliphatic heterocycles. The highest BCUT2D eigenvalue weighted by atomic mass is 16.5. The lowest BCUT2D eigenvalue weighted by Crippen LogP contribution is -2.49. The summed E-state index contributed by atoms with van der Waals surface area (Å²) < 4.78 is 11.5. The standard InChI is InChI=1S/C16H33NO2/c1-6-17-14(12-13-8-10-18-11-9-13)15(19-7-2)16(3,4)5/h13-15,17H,6-12H2,1-5H3. The Bertz CT molecular complexity index is 231. The van der Waals surface area contributed by atoms with Gasteiger partial charge in [-0.05, 0) is 44.1 Å². The van der Waals surface area contributed by atoms with E-state index in [9.17, 15) is 0 Å². The monoisotopic (exact) mass is 271 g/mol. The van der Waals surface area contributed by atoms with Crippen LogP contribution in [0, 0.1) is 11.3 Å². The third-order valence-corrected chi connectivity index (χ3v) is 3.96. The van der Waals surface area contributed by atoms with Gasteiger partial charge in [0.2, 0.25) is 0 Å². The predicted octanol–water partition coefficient (Wildman–Crippen LogP) is 3.23. The van der Waals surface area contributed by atoms with Gasteiger partial charge in [-0.25, -0.2) is 0 Å². The SMILES string of the molecule is CCNC(CC1CCOCC1)C(OCC)C(C)(C)C. The average molecular weight is 271 g/mol. The molecule has 114 valence electrons. The van der Waals surface area contributed by atoms with E-state index in [1.54, 1.807) is 0 Å². The van der Waals surface area contributed by atoms with Crippen LogP contribution in [0.3, 0.4) is 0 Å². The first kappa shape index (κ1) is 16.9. The van der Waals surface area contributed by atoms with E-state index in [0.29, 0.717) is 6.04 Å². The summed E-state index contributed by atoms with van der Waals surface area (Å²) in [5, 5.41) is 3.66. The van der Waals surface area contributed by atoms with Gasteiger partial charge in [0, 0.05) is 25.9 Å². The molecule has 0 saturated carbocycles. The first-order chi connectivity index (χ1) is 8.99. The van der Waals surface area contributed by atoms with Gasteiger partial charge in [-0.1, -0.05) is 27.7 Å². The Balaban J connectivity index is 2.65.